The van der Waals surface area contributed by atoms with Crippen LogP contribution in [-0.2, 0) is 9.47 Å². The van der Waals surface area contributed by atoms with Crippen molar-refractivity contribution in [3.05, 3.63) is 0 Å². The van der Waals surface area contributed by atoms with Crippen LogP contribution in [-0.4, -0.2) is 30.5 Å². The Morgan fingerprint density at radius 1 is 1.30 bits per heavy atom. The summed E-state index contributed by atoms with van der Waals surface area (Å²) >= 11 is 0. The van der Waals surface area contributed by atoms with E-state index in [2.05, 4.69) is 18.8 Å². The average molecular weight is 163 g/mol. The highest BCUT2D eigenvalue weighted by Crippen LogP contribution is 2.17. The van der Waals surface area contributed by atoms with E-state index in [9.17, 15) is 0 Å². The lowest BCUT2D eigenvalue weighted by Gasteiger charge is -2.34. The smallest absolute Gasteiger partial charge is 0.222 e. The third-order valence-electron chi connectivity index (χ3n) is 1.72. The Bertz CT molecular complexity index is 85.5. The van der Waals surface area contributed by atoms with E-state index in [1.165, 1.54) is 0 Å². The Kier molecular flexibility index (Phi) is 4.11. The predicted molar refractivity (Wildman–Crippen MR) is 44.7 cm³/mol. The first-order valence-corrected chi connectivity index (χ1v) is 4.42. The summed E-state index contributed by atoms with van der Waals surface area (Å²) in [5, 5.41) is 0. The summed E-state index contributed by atoms with van der Waals surface area (Å²) in [7, 11) is 4.16. The number of rotatable bonds is 4. The minimum absolute atomic E-state index is 0.319. The molecule has 0 aliphatic rings. The lowest BCUT2D eigenvalue weighted by atomic mass is 10.1. The number of hydrogen-bond donors (Lipinski definition) is 1. The van der Waals surface area contributed by atoms with Crippen molar-refractivity contribution in [1.82, 2.24) is 4.98 Å². The van der Waals surface area contributed by atoms with E-state index < -0.39 is 5.91 Å². The van der Waals surface area contributed by atoms with Gasteiger partial charge in [0, 0.05) is 20.1 Å². The van der Waals surface area contributed by atoms with Crippen LogP contribution in [0.15, 0.2) is 0 Å². The topological polar surface area (TPSA) is 30.5 Å². The van der Waals surface area contributed by atoms with Crippen LogP contribution in [0.5, 0.6) is 0 Å². The van der Waals surface area contributed by atoms with E-state index in [0.717, 1.165) is 10.4 Å². The summed E-state index contributed by atoms with van der Waals surface area (Å²) < 4.78 is 10.4. The van der Waals surface area contributed by atoms with Gasteiger partial charge in [0.2, 0.25) is 5.91 Å². The van der Waals surface area contributed by atoms with Gasteiger partial charge in [0.25, 0.3) is 0 Å². The fourth-order valence-corrected chi connectivity index (χ4v) is 2.03. The molecule has 0 aromatic rings. The number of ether oxygens (including phenoxy) is 2. The van der Waals surface area contributed by atoms with E-state index in [1.807, 2.05) is 0 Å². The van der Waals surface area contributed by atoms with Gasteiger partial charge in [-0.2, -0.15) is 0 Å². The zero-order chi connectivity index (χ0) is 8.20. The summed E-state index contributed by atoms with van der Waals surface area (Å²) in [5.41, 5.74) is 0. The first-order valence-electron chi connectivity index (χ1n) is 3.42. The second-order valence-corrected chi connectivity index (χ2v) is 2.98. The lowest BCUT2D eigenvalue weighted by Crippen LogP contribution is -2.51. The van der Waals surface area contributed by atoms with E-state index in [1.54, 1.807) is 14.2 Å². The first kappa shape index (κ1) is 10.1. The molecular weight excluding hydrogens is 146 g/mol. The van der Waals surface area contributed by atoms with Crippen LogP contribution in [0.1, 0.15) is 13.8 Å². The molecule has 0 fully saturated rings. The molecule has 0 aliphatic heterocycles. The zero-order valence-electron chi connectivity index (χ0n) is 7.39. The highest BCUT2D eigenvalue weighted by molar-refractivity contribution is 6.04. The Morgan fingerprint density at radius 3 is 1.70 bits per heavy atom. The van der Waals surface area contributed by atoms with Crippen LogP contribution in [0.3, 0.4) is 0 Å². The predicted octanol–water partition coefficient (Wildman–Crippen LogP) is -0.541. The van der Waals surface area contributed by atoms with Crippen molar-refractivity contribution >= 4 is 10.4 Å². The number of hydrogen-bond acceptors (Lipinski definition) is 3. The van der Waals surface area contributed by atoms with Gasteiger partial charge in [-0.05, 0) is 0 Å². The molecule has 0 bridgehead atoms. The number of methoxy groups -OCH3 is 2. The normalized spacial score (nSPS) is 12.9. The molecule has 0 rings (SSSR count). The summed E-state index contributed by atoms with van der Waals surface area (Å²) in [5.74, 6) is -0.244. The monoisotopic (exact) mass is 163 g/mol. The Morgan fingerprint density at radius 2 is 1.70 bits per heavy atom. The molecule has 0 saturated heterocycles. The Balaban J connectivity index is 4.15. The lowest BCUT2D eigenvalue weighted by molar-refractivity contribution is -0.241. The summed E-state index contributed by atoms with van der Waals surface area (Å²) in [6, 6.07) is 0. The van der Waals surface area contributed by atoms with Crippen molar-refractivity contribution in [2.75, 3.05) is 14.2 Å². The van der Waals surface area contributed by atoms with Gasteiger partial charge in [-0.15, -0.1) is 0 Å². The fraction of sp³-hybridized carbons (Fsp3) is 1.00. The molecule has 0 aromatic heterocycles. The van der Waals surface area contributed by atoms with E-state index in [-0.39, 0.29) is 0 Å². The van der Waals surface area contributed by atoms with Gasteiger partial charge in [-0.25, -0.2) is 0 Å². The first-order chi connectivity index (χ1) is 4.63. The standard InChI is InChI=1S/C6H17NO2Si/c1-5(2)6(7-10,8-3)9-4/h5,7H,1-4,10H3. The molecule has 0 atom stereocenters. The Labute approximate surface area is 65.6 Å². The molecule has 0 aromatic carbocycles. The molecule has 0 amide bonds. The van der Waals surface area contributed by atoms with Crippen LogP contribution in [0.4, 0.5) is 0 Å². The zero-order valence-corrected chi connectivity index (χ0v) is 9.39. The van der Waals surface area contributed by atoms with Crippen molar-refractivity contribution in [2.24, 2.45) is 5.92 Å². The molecule has 4 heteroatoms. The molecule has 0 aliphatic carbocycles. The van der Waals surface area contributed by atoms with Gasteiger partial charge in [0.1, 0.15) is 0 Å². The van der Waals surface area contributed by atoms with Crippen LogP contribution in [0, 0.1) is 5.92 Å². The van der Waals surface area contributed by atoms with Crippen molar-refractivity contribution < 1.29 is 9.47 Å². The minimum atomic E-state index is -0.563. The van der Waals surface area contributed by atoms with Gasteiger partial charge in [0.05, 0.1) is 10.4 Å². The van der Waals surface area contributed by atoms with E-state index >= 15 is 0 Å². The van der Waals surface area contributed by atoms with Crippen molar-refractivity contribution in [3.63, 3.8) is 0 Å². The average Bonchev–Trinajstić information content (AvgIpc) is 1.92. The molecule has 62 valence electrons. The van der Waals surface area contributed by atoms with Gasteiger partial charge in [-0.1, -0.05) is 13.8 Å². The maximum Gasteiger partial charge on any atom is 0.222 e. The van der Waals surface area contributed by atoms with E-state index in [0.29, 0.717) is 5.92 Å². The summed E-state index contributed by atoms with van der Waals surface area (Å²) in [6.45, 7) is 4.11. The van der Waals surface area contributed by atoms with Gasteiger partial charge < -0.3 is 9.47 Å². The maximum atomic E-state index is 5.20. The highest BCUT2D eigenvalue weighted by Gasteiger charge is 2.30. The second-order valence-electron chi connectivity index (χ2n) is 2.48. The fourth-order valence-electron chi connectivity index (χ4n) is 1.05. The van der Waals surface area contributed by atoms with Crippen LogP contribution in [0.25, 0.3) is 0 Å². The molecule has 3 nitrogen and oxygen atoms in total. The van der Waals surface area contributed by atoms with Crippen LogP contribution in [0.2, 0.25) is 0 Å². The third-order valence-corrected chi connectivity index (χ3v) is 2.41. The van der Waals surface area contributed by atoms with E-state index in [4.69, 9.17) is 9.47 Å². The molecule has 0 spiro atoms. The molecule has 0 heterocycles. The second kappa shape index (κ2) is 4.08. The molecule has 10 heavy (non-hydrogen) atoms. The van der Waals surface area contributed by atoms with Gasteiger partial charge >= 0.3 is 0 Å². The van der Waals surface area contributed by atoms with Crippen molar-refractivity contribution in [1.29, 1.82) is 0 Å². The van der Waals surface area contributed by atoms with Gasteiger partial charge in [0.15, 0.2) is 0 Å². The summed E-state index contributed by atoms with van der Waals surface area (Å²) in [4.78, 5) is 3.11. The Hall–Kier alpha value is 0.0969. The molecule has 0 unspecified atom stereocenters. The largest absolute Gasteiger partial charge is 0.341 e. The van der Waals surface area contributed by atoms with Crippen molar-refractivity contribution in [3.8, 4) is 0 Å². The molecule has 0 saturated carbocycles. The maximum absolute atomic E-state index is 5.20. The van der Waals surface area contributed by atoms with Crippen molar-refractivity contribution in [2.45, 2.75) is 19.8 Å². The van der Waals surface area contributed by atoms with Crippen LogP contribution >= 0.6 is 0 Å². The third kappa shape index (κ3) is 1.79. The number of nitrogens with one attached hydrogen (secondary N) is 1. The molecule has 1 N–H and O–H groups in total. The quantitative estimate of drug-likeness (QED) is 0.446. The molecule has 0 radical (unpaired) electrons. The molecular formula is C6H17NO2Si. The van der Waals surface area contributed by atoms with Gasteiger partial charge in [-0.3, -0.25) is 4.98 Å². The summed E-state index contributed by atoms with van der Waals surface area (Å²) in [6.07, 6.45) is 0. The highest BCUT2D eigenvalue weighted by atomic mass is 28.2. The SMILES string of the molecule is COC(N[SiH3])(OC)C(C)C. The van der Waals surface area contributed by atoms with Crippen LogP contribution < -0.4 is 4.98 Å². The minimum Gasteiger partial charge on any atom is -0.341 e.